The molecule has 2 aliphatic heterocycles. The van der Waals surface area contributed by atoms with Crippen LogP contribution in [0.25, 0.3) is 0 Å². The number of carbonyl (C=O) groups is 2. The third-order valence-corrected chi connectivity index (χ3v) is 14.0. The van der Waals surface area contributed by atoms with E-state index in [4.69, 9.17) is 4.74 Å². The van der Waals surface area contributed by atoms with Crippen molar-refractivity contribution >= 4 is 59.6 Å². The summed E-state index contributed by atoms with van der Waals surface area (Å²) in [7, 11) is 0. The third kappa shape index (κ3) is 8.41. The van der Waals surface area contributed by atoms with Gasteiger partial charge in [0.25, 0.3) is 0 Å². The van der Waals surface area contributed by atoms with Gasteiger partial charge in [-0.3, -0.25) is 9.59 Å². The van der Waals surface area contributed by atoms with Crippen molar-refractivity contribution in [2.24, 2.45) is 21.7 Å². The second kappa shape index (κ2) is 16.4. The lowest BCUT2D eigenvalue weighted by atomic mass is 9.35. The lowest BCUT2D eigenvalue weighted by Gasteiger charge is -2.69. The number of alkyl halides is 2. The van der Waals surface area contributed by atoms with Crippen LogP contribution in [0.4, 0.5) is 17.6 Å². The van der Waals surface area contributed by atoms with E-state index in [0.717, 1.165) is 28.3 Å². The molecular formula is C42H41Br3F4N6O4. The number of amides is 2. The molecule has 6 aliphatic carbocycles. The molecule has 2 saturated heterocycles. The summed E-state index contributed by atoms with van der Waals surface area (Å²) in [5.74, 6) is -0.245. The number of hydrogen-bond donors (Lipinski definition) is 1. The molecule has 4 unspecified atom stereocenters. The Morgan fingerprint density at radius 2 is 1.27 bits per heavy atom. The number of aliphatic hydroxyl groups excluding tert-OH is 1. The molecule has 4 aromatic rings. The Labute approximate surface area is 363 Å². The van der Waals surface area contributed by atoms with Crippen LogP contribution in [0.3, 0.4) is 0 Å². The van der Waals surface area contributed by atoms with Gasteiger partial charge in [-0.05, 0) is 133 Å². The fourth-order valence-corrected chi connectivity index (χ4v) is 11.6. The van der Waals surface area contributed by atoms with Crippen molar-refractivity contribution < 1.29 is 37.0 Å². The van der Waals surface area contributed by atoms with E-state index in [-0.39, 0.29) is 72.9 Å². The molecule has 4 bridgehead atoms. The maximum absolute atomic E-state index is 14.2. The van der Waals surface area contributed by atoms with Crippen molar-refractivity contribution in [3.8, 4) is 5.88 Å². The Morgan fingerprint density at radius 3 is 1.71 bits per heavy atom. The van der Waals surface area contributed by atoms with Crippen molar-refractivity contribution in [3.05, 3.63) is 110 Å². The zero-order chi connectivity index (χ0) is 41.7. The van der Waals surface area contributed by atoms with E-state index in [1.54, 1.807) is 46.3 Å². The molecule has 1 N–H and O–H groups in total. The van der Waals surface area contributed by atoms with Crippen molar-refractivity contribution in [1.29, 1.82) is 0 Å². The molecule has 0 radical (unpaired) electrons. The Kier molecular flexibility index (Phi) is 11.7. The van der Waals surface area contributed by atoms with Crippen molar-refractivity contribution in [1.82, 2.24) is 30.0 Å². The summed E-state index contributed by atoms with van der Waals surface area (Å²) in [5.41, 5.74) is 0.466. The van der Waals surface area contributed by atoms with Crippen molar-refractivity contribution in [2.75, 3.05) is 26.3 Å². The van der Waals surface area contributed by atoms with Crippen LogP contribution >= 0.6 is 47.8 Å². The molecule has 10 nitrogen and oxygen atoms in total. The van der Waals surface area contributed by atoms with E-state index < -0.39 is 29.2 Å². The summed E-state index contributed by atoms with van der Waals surface area (Å²) in [6, 6.07) is 15.0. The zero-order valence-electron chi connectivity index (χ0n) is 31.7. The summed E-state index contributed by atoms with van der Waals surface area (Å²) in [6.45, 7) is 0.805. The highest BCUT2D eigenvalue weighted by Crippen LogP contribution is 2.75. The van der Waals surface area contributed by atoms with Crippen LogP contribution in [-0.4, -0.2) is 85.5 Å². The van der Waals surface area contributed by atoms with Gasteiger partial charge in [0, 0.05) is 35.4 Å². The molecule has 17 heteroatoms. The van der Waals surface area contributed by atoms with Gasteiger partial charge in [0.05, 0.1) is 48.8 Å². The summed E-state index contributed by atoms with van der Waals surface area (Å²) in [5, 5.41) is 16.6. The number of carbonyl (C=O) groups excluding carboxylic acids is 2. The number of rotatable bonds is 8. The highest BCUT2D eigenvalue weighted by Gasteiger charge is 2.73. The normalized spacial score (nSPS) is 31.9. The number of aromatic nitrogens is 4. The van der Waals surface area contributed by atoms with Crippen LogP contribution in [0, 0.1) is 33.3 Å². The Hall–Kier alpha value is -3.54. The van der Waals surface area contributed by atoms with E-state index in [2.05, 4.69) is 68.0 Å². The minimum atomic E-state index is -1.08. The molecule has 2 aromatic carbocycles. The first-order valence-corrected chi connectivity index (χ1v) is 21.8. The predicted molar refractivity (Wildman–Crippen MR) is 218 cm³/mol. The number of hydrogen-bond acceptors (Lipinski definition) is 8. The van der Waals surface area contributed by atoms with E-state index in [9.17, 15) is 32.3 Å². The van der Waals surface area contributed by atoms with Crippen LogP contribution in [0.5, 0.6) is 5.88 Å². The van der Waals surface area contributed by atoms with Crippen molar-refractivity contribution in [3.63, 3.8) is 0 Å². The molecule has 4 heterocycles. The van der Waals surface area contributed by atoms with Crippen LogP contribution < -0.4 is 4.74 Å². The molecule has 8 fully saturated rings. The number of benzene rings is 2. The maximum atomic E-state index is 14.2. The monoisotopic (exact) mass is 1010 g/mol. The number of halogens is 7. The number of nitrogens with zero attached hydrogens (tertiary/aromatic N) is 6. The van der Waals surface area contributed by atoms with Crippen LogP contribution in [0.15, 0.2) is 86.9 Å². The molecule has 8 aliphatic rings. The molecule has 0 spiro atoms. The molecule has 312 valence electrons. The highest BCUT2D eigenvalue weighted by molar-refractivity contribution is 9.11. The first kappa shape index (κ1) is 42.2. The maximum Gasteiger partial charge on any atom is 0.229 e. The first-order chi connectivity index (χ1) is 28.1. The Morgan fingerprint density at radius 1 is 0.746 bits per heavy atom. The van der Waals surface area contributed by atoms with E-state index in [1.807, 2.05) is 6.07 Å². The van der Waals surface area contributed by atoms with Gasteiger partial charge in [-0.25, -0.2) is 27.5 Å². The molecular weight excluding hydrogens is 968 g/mol. The molecule has 59 heavy (non-hydrogen) atoms. The van der Waals surface area contributed by atoms with Gasteiger partial charge in [-0.15, -0.1) is 5.10 Å². The quantitative estimate of drug-likeness (QED) is 0.137. The summed E-state index contributed by atoms with van der Waals surface area (Å²) < 4.78 is 63.3. The second-order valence-corrected chi connectivity index (χ2v) is 19.7. The average Bonchev–Trinajstić information content (AvgIpc) is 3.72. The van der Waals surface area contributed by atoms with Gasteiger partial charge < -0.3 is 19.6 Å². The SMILES string of the molecule is Brc1cnnc(Br)c1.O=C(N1CC(F)CC1c1cccc(F)c1)C12CC(CO)(C1)C2.O=C(N1CC(F)CC1c1cccc(F)c1)C12CC(COc3cc(Br)ncn3)(C1)C2. The van der Waals surface area contributed by atoms with Gasteiger partial charge in [0.2, 0.25) is 17.7 Å². The first-order valence-electron chi connectivity index (χ1n) is 19.4. The standard InChI is InChI=1S/C21H20BrF2N3O2.C17H19F2NO2.C4H2Br2N2/c22-17-6-18(26-12-25-17)29-11-20-8-21(9-20,10-20)19(28)27-7-15(24)5-16(27)13-2-1-3-14(23)4-13;18-12-3-1-2-11(4-12)14-5-13(19)6-20(14)15(22)17-7-16(8-17,9-17)10-21;5-3-1-4(6)8-7-2-3/h1-4,6,12,15-16H,5,7-11H2;1-4,13-14,21H,5-10H2;1-2H. The van der Waals surface area contributed by atoms with Gasteiger partial charge >= 0.3 is 0 Å². The smallest absolute Gasteiger partial charge is 0.229 e. The minimum absolute atomic E-state index is 0.00133. The van der Waals surface area contributed by atoms with E-state index >= 15 is 0 Å². The third-order valence-electron chi connectivity index (χ3n) is 12.7. The summed E-state index contributed by atoms with van der Waals surface area (Å²) in [4.78, 5) is 37.4. The van der Waals surface area contributed by atoms with E-state index in [1.165, 1.54) is 30.6 Å². The molecule has 4 atom stereocenters. The molecule has 6 saturated carbocycles. The lowest BCUT2D eigenvalue weighted by molar-refractivity contribution is -0.229. The van der Waals surface area contributed by atoms with Gasteiger partial charge in [0.15, 0.2) is 0 Å². The number of ether oxygens (including phenoxy) is 1. The largest absolute Gasteiger partial charge is 0.477 e. The predicted octanol–water partition coefficient (Wildman–Crippen LogP) is 8.84. The minimum Gasteiger partial charge on any atom is -0.477 e. The number of likely N-dealkylation sites (tertiary alicyclic amines) is 2. The molecule has 2 aromatic heterocycles. The van der Waals surface area contributed by atoms with Crippen molar-refractivity contribution in [2.45, 2.75) is 75.8 Å². The molecule has 12 rings (SSSR count). The van der Waals surface area contributed by atoms with Crippen LogP contribution in [0.2, 0.25) is 0 Å². The van der Waals surface area contributed by atoms with Crippen LogP contribution in [-0.2, 0) is 9.59 Å². The zero-order valence-corrected chi connectivity index (χ0v) is 36.5. The number of aliphatic hydroxyl groups is 1. The Bertz CT molecular complexity index is 2190. The van der Waals surface area contributed by atoms with E-state index in [0.29, 0.717) is 47.5 Å². The topological polar surface area (TPSA) is 122 Å². The van der Waals surface area contributed by atoms with Gasteiger partial charge in [0.1, 0.15) is 39.5 Å². The second-order valence-electron chi connectivity index (χ2n) is 17.2. The molecule has 2 amide bonds. The lowest BCUT2D eigenvalue weighted by Crippen LogP contribution is -2.69. The summed E-state index contributed by atoms with van der Waals surface area (Å²) >= 11 is 9.68. The average molecular weight is 1010 g/mol. The van der Waals surface area contributed by atoms with Crippen LogP contribution in [0.1, 0.15) is 74.6 Å². The van der Waals surface area contributed by atoms with Gasteiger partial charge in [-0.1, -0.05) is 24.3 Å². The summed E-state index contributed by atoms with van der Waals surface area (Å²) in [6.07, 6.45) is 5.74. The highest BCUT2D eigenvalue weighted by atomic mass is 79.9. The Balaban J connectivity index is 0.000000142. The van der Waals surface area contributed by atoms with Gasteiger partial charge in [-0.2, -0.15) is 5.10 Å². The fraction of sp³-hybridized carbons (Fsp3) is 0.476. The fourth-order valence-electron chi connectivity index (χ4n) is 10.4.